The van der Waals surface area contributed by atoms with E-state index >= 15 is 0 Å². The van der Waals surface area contributed by atoms with Crippen LogP contribution in [0.4, 0.5) is 0 Å². The van der Waals surface area contributed by atoms with Crippen molar-refractivity contribution in [2.45, 2.75) is 38.0 Å². The molecule has 128 valence electrons. The zero-order valence-corrected chi connectivity index (χ0v) is 13.9. The highest BCUT2D eigenvalue weighted by Crippen LogP contribution is 2.21. The maximum Gasteiger partial charge on any atom is 0.333 e. The van der Waals surface area contributed by atoms with E-state index in [0.717, 1.165) is 6.42 Å². The molecule has 1 amide bonds. The first-order chi connectivity index (χ1) is 10.7. The van der Waals surface area contributed by atoms with Gasteiger partial charge in [-0.25, -0.2) is 4.79 Å². The molecule has 6 nitrogen and oxygen atoms in total. The van der Waals surface area contributed by atoms with Crippen LogP contribution in [0.15, 0.2) is 30.3 Å². The monoisotopic (exact) mass is 342 g/mol. The Bertz CT molecular complexity index is 512. The highest BCUT2D eigenvalue weighted by atomic mass is 35.5. The summed E-state index contributed by atoms with van der Waals surface area (Å²) in [5.74, 6) is -0.784. The standard InChI is InChI=1S/C16H22N2O4.ClH/c1-2-21-16(20)14(11-6-4-3-5-7-11)18-15(19)13-9-8-12(10-17)22-13;/h3-7,12-14H,2,8-10,17H2,1H3,(H,18,19);1H/t12-,13+,14-;/m1./s1. The largest absolute Gasteiger partial charge is 0.464 e. The van der Waals surface area contributed by atoms with E-state index in [0.29, 0.717) is 18.5 Å². The minimum atomic E-state index is -0.825. The first-order valence-electron chi connectivity index (χ1n) is 7.53. The van der Waals surface area contributed by atoms with E-state index in [1.165, 1.54) is 0 Å². The van der Waals surface area contributed by atoms with Gasteiger partial charge in [-0.15, -0.1) is 12.4 Å². The summed E-state index contributed by atoms with van der Waals surface area (Å²) in [6.07, 6.45) is 0.713. The van der Waals surface area contributed by atoms with Gasteiger partial charge in [-0.1, -0.05) is 30.3 Å². The molecule has 3 atom stereocenters. The van der Waals surface area contributed by atoms with Crippen molar-refractivity contribution in [2.75, 3.05) is 13.2 Å². The number of hydrogen-bond donors (Lipinski definition) is 2. The lowest BCUT2D eigenvalue weighted by molar-refractivity contribution is -0.149. The number of carbonyl (C=O) groups excluding carboxylic acids is 2. The van der Waals surface area contributed by atoms with E-state index in [9.17, 15) is 9.59 Å². The summed E-state index contributed by atoms with van der Waals surface area (Å²) in [4.78, 5) is 24.4. The number of ether oxygens (including phenoxy) is 2. The van der Waals surface area contributed by atoms with Crippen molar-refractivity contribution in [3.63, 3.8) is 0 Å². The van der Waals surface area contributed by atoms with Gasteiger partial charge in [0, 0.05) is 6.54 Å². The van der Waals surface area contributed by atoms with Crippen LogP contribution < -0.4 is 11.1 Å². The Hall–Kier alpha value is -1.63. The summed E-state index contributed by atoms with van der Waals surface area (Å²) in [7, 11) is 0. The van der Waals surface area contributed by atoms with Gasteiger partial charge in [0.05, 0.1) is 12.7 Å². The van der Waals surface area contributed by atoms with E-state index < -0.39 is 18.1 Å². The zero-order chi connectivity index (χ0) is 15.9. The fourth-order valence-corrected chi connectivity index (χ4v) is 2.46. The van der Waals surface area contributed by atoms with Gasteiger partial charge in [0.15, 0.2) is 6.04 Å². The van der Waals surface area contributed by atoms with Crippen LogP contribution in [0.25, 0.3) is 0 Å². The van der Waals surface area contributed by atoms with Gasteiger partial charge in [0.25, 0.3) is 0 Å². The Morgan fingerprint density at radius 2 is 2.04 bits per heavy atom. The second-order valence-electron chi connectivity index (χ2n) is 5.16. The van der Waals surface area contributed by atoms with E-state index in [2.05, 4.69) is 5.32 Å². The van der Waals surface area contributed by atoms with Crippen LogP contribution in [0.2, 0.25) is 0 Å². The molecule has 0 aliphatic carbocycles. The average Bonchev–Trinajstić information content (AvgIpc) is 3.02. The molecule has 0 spiro atoms. The van der Waals surface area contributed by atoms with Crippen LogP contribution >= 0.6 is 12.4 Å². The molecule has 0 saturated carbocycles. The van der Waals surface area contributed by atoms with Gasteiger partial charge >= 0.3 is 5.97 Å². The predicted octanol–water partition coefficient (Wildman–Crippen LogP) is 1.34. The lowest BCUT2D eigenvalue weighted by atomic mass is 10.1. The zero-order valence-electron chi connectivity index (χ0n) is 13.1. The summed E-state index contributed by atoms with van der Waals surface area (Å²) in [5.41, 5.74) is 6.23. The third-order valence-corrected chi connectivity index (χ3v) is 3.60. The van der Waals surface area contributed by atoms with Crippen molar-refractivity contribution in [3.8, 4) is 0 Å². The second kappa shape index (κ2) is 9.50. The van der Waals surface area contributed by atoms with Crippen molar-refractivity contribution in [3.05, 3.63) is 35.9 Å². The minimum Gasteiger partial charge on any atom is -0.464 e. The van der Waals surface area contributed by atoms with Gasteiger partial charge in [0.1, 0.15) is 6.10 Å². The predicted molar refractivity (Wildman–Crippen MR) is 88.2 cm³/mol. The Labute approximate surface area is 142 Å². The van der Waals surface area contributed by atoms with Crippen LogP contribution in [-0.2, 0) is 19.1 Å². The average molecular weight is 343 g/mol. The SMILES string of the molecule is CCOC(=O)[C@H](NC(=O)[C@@H]1CC[C@H](CN)O1)c1ccccc1.Cl. The normalized spacial score (nSPS) is 21.1. The van der Waals surface area contributed by atoms with Crippen LogP contribution in [0.3, 0.4) is 0 Å². The Morgan fingerprint density at radius 3 is 2.61 bits per heavy atom. The Morgan fingerprint density at radius 1 is 1.35 bits per heavy atom. The summed E-state index contributed by atoms with van der Waals surface area (Å²) in [6.45, 7) is 2.38. The van der Waals surface area contributed by atoms with Crippen LogP contribution in [-0.4, -0.2) is 37.2 Å². The smallest absolute Gasteiger partial charge is 0.333 e. The molecule has 0 radical (unpaired) electrons. The maximum absolute atomic E-state index is 12.3. The van der Waals surface area contributed by atoms with Crippen LogP contribution in [0.5, 0.6) is 0 Å². The van der Waals surface area contributed by atoms with Crippen molar-refractivity contribution in [1.82, 2.24) is 5.32 Å². The molecule has 1 aliphatic rings. The third kappa shape index (κ3) is 5.20. The van der Waals surface area contributed by atoms with E-state index in [1.807, 2.05) is 18.2 Å². The van der Waals surface area contributed by atoms with Gasteiger partial charge in [0.2, 0.25) is 5.91 Å². The summed E-state index contributed by atoms with van der Waals surface area (Å²) in [5, 5.41) is 2.73. The topological polar surface area (TPSA) is 90.7 Å². The first kappa shape index (κ1) is 19.4. The molecular weight excluding hydrogens is 320 g/mol. The number of nitrogens with one attached hydrogen (secondary N) is 1. The molecule has 1 heterocycles. The van der Waals surface area contributed by atoms with Crippen LogP contribution in [0.1, 0.15) is 31.4 Å². The van der Waals surface area contributed by atoms with Gasteiger partial charge in [-0.05, 0) is 25.3 Å². The van der Waals surface area contributed by atoms with Crippen molar-refractivity contribution in [2.24, 2.45) is 5.73 Å². The number of hydrogen-bond acceptors (Lipinski definition) is 5. The molecule has 0 bridgehead atoms. The summed E-state index contributed by atoms with van der Waals surface area (Å²) >= 11 is 0. The minimum absolute atomic E-state index is 0. The maximum atomic E-state index is 12.3. The van der Waals surface area contributed by atoms with Crippen molar-refractivity contribution in [1.29, 1.82) is 0 Å². The molecule has 2 rings (SSSR count). The molecule has 1 fully saturated rings. The molecule has 1 aromatic carbocycles. The Balaban J connectivity index is 0.00000264. The molecule has 1 saturated heterocycles. The quantitative estimate of drug-likeness (QED) is 0.761. The highest BCUT2D eigenvalue weighted by molar-refractivity contribution is 5.88. The van der Waals surface area contributed by atoms with E-state index in [4.69, 9.17) is 15.2 Å². The number of halogens is 1. The molecule has 0 unspecified atom stereocenters. The Kier molecular flexibility index (Phi) is 8.02. The number of carbonyl (C=O) groups is 2. The molecule has 1 aromatic rings. The third-order valence-electron chi connectivity index (χ3n) is 3.60. The summed E-state index contributed by atoms with van der Waals surface area (Å²) in [6, 6.07) is 8.20. The molecular formula is C16H23ClN2O4. The molecule has 23 heavy (non-hydrogen) atoms. The number of amides is 1. The lowest BCUT2D eigenvalue weighted by Crippen LogP contribution is -2.41. The fraction of sp³-hybridized carbons (Fsp3) is 0.500. The van der Waals surface area contributed by atoms with Gasteiger partial charge < -0.3 is 20.5 Å². The first-order valence-corrected chi connectivity index (χ1v) is 7.53. The molecule has 7 heteroatoms. The van der Waals surface area contributed by atoms with Gasteiger partial charge in [-0.3, -0.25) is 4.79 Å². The van der Waals surface area contributed by atoms with E-state index in [1.54, 1.807) is 19.1 Å². The number of rotatable bonds is 6. The van der Waals surface area contributed by atoms with Gasteiger partial charge in [-0.2, -0.15) is 0 Å². The molecule has 1 aliphatic heterocycles. The second-order valence-corrected chi connectivity index (χ2v) is 5.16. The van der Waals surface area contributed by atoms with Crippen molar-refractivity contribution >= 4 is 24.3 Å². The number of benzene rings is 1. The van der Waals surface area contributed by atoms with Crippen LogP contribution in [0, 0.1) is 0 Å². The molecule has 0 aromatic heterocycles. The number of esters is 1. The fourth-order valence-electron chi connectivity index (χ4n) is 2.46. The highest BCUT2D eigenvalue weighted by Gasteiger charge is 2.33. The van der Waals surface area contributed by atoms with E-state index in [-0.39, 0.29) is 31.0 Å². The number of nitrogens with two attached hydrogens (primary N) is 1. The van der Waals surface area contributed by atoms with Crippen molar-refractivity contribution < 1.29 is 19.1 Å². The lowest BCUT2D eigenvalue weighted by Gasteiger charge is -2.20. The summed E-state index contributed by atoms with van der Waals surface area (Å²) < 4.78 is 10.6. The molecule has 3 N–H and O–H groups in total.